The summed E-state index contributed by atoms with van der Waals surface area (Å²) in [5.41, 5.74) is 6.41. The van der Waals surface area contributed by atoms with Crippen LogP contribution in [0.2, 0.25) is 0 Å². The zero-order chi connectivity index (χ0) is 14.7. The molecule has 1 aromatic carbocycles. The summed E-state index contributed by atoms with van der Waals surface area (Å²) in [4.78, 5) is 38.2. The Balaban J connectivity index is 1.68. The topological polar surface area (TPSA) is 92.5 Å². The summed E-state index contributed by atoms with van der Waals surface area (Å²) in [5, 5.41) is 3.35. The first-order valence-electron chi connectivity index (χ1n) is 7.15. The molecule has 3 unspecified atom stereocenters. The summed E-state index contributed by atoms with van der Waals surface area (Å²) in [7, 11) is 0. The first kappa shape index (κ1) is 12.5. The van der Waals surface area contributed by atoms with Crippen LogP contribution in [-0.2, 0) is 4.79 Å². The standard InChI is InChI=1S/C15H15N3O3/c16-10-3-1-2-8-12(10)15(21)18(13(8)19)14(20)9-6-7-4-5-11(9)17-7/h1-3,7,9,11,17H,4-6,16H2. The first-order chi connectivity index (χ1) is 10.1. The second-order valence-corrected chi connectivity index (χ2v) is 5.94. The molecular formula is C15H15N3O3. The molecule has 2 saturated heterocycles. The Morgan fingerprint density at radius 2 is 2.05 bits per heavy atom. The van der Waals surface area contributed by atoms with Crippen molar-refractivity contribution in [2.24, 2.45) is 5.92 Å². The average Bonchev–Trinajstić information content (AvgIpc) is 3.14. The summed E-state index contributed by atoms with van der Waals surface area (Å²) in [6, 6.07) is 5.15. The molecule has 2 fully saturated rings. The van der Waals surface area contributed by atoms with E-state index < -0.39 is 11.8 Å². The normalized spacial score (nSPS) is 30.1. The Morgan fingerprint density at radius 3 is 2.67 bits per heavy atom. The molecule has 0 radical (unpaired) electrons. The largest absolute Gasteiger partial charge is 0.398 e. The highest BCUT2D eigenvalue weighted by Gasteiger charge is 2.49. The van der Waals surface area contributed by atoms with Crippen molar-refractivity contribution in [3.05, 3.63) is 29.3 Å². The number of hydrogen-bond donors (Lipinski definition) is 2. The molecule has 1 aromatic rings. The zero-order valence-electron chi connectivity index (χ0n) is 11.3. The number of benzene rings is 1. The maximum absolute atomic E-state index is 12.6. The molecule has 2 bridgehead atoms. The van der Waals surface area contributed by atoms with Gasteiger partial charge in [-0.15, -0.1) is 0 Å². The van der Waals surface area contributed by atoms with E-state index in [0.29, 0.717) is 12.5 Å². The zero-order valence-corrected chi connectivity index (χ0v) is 11.3. The number of hydrogen-bond acceptors (Lipinski definition) is 5. The van der Waals surface area contributed by atoms with Crippen molar-refractivity contribution in [2.45, 2.75) is 31.3 Å². The Kier molecular flexibility index (Phi) is 2.47. The molecule has 4 rings (SSSR count). The summed E-state index contributed by atoms with van der Waals surface area (Å²) in [5.74, 6) is -1.80. The highest BCUT2D eigenvalue weighted by Crippen LogP contribution is 2.36. The second-order valence-electron chi connectivity index (χ2n) is 5.94. The van der Waals surface area contributed by atoms with Crippen LogP contribution in [0.25, 0.3) is 0 Å². The summed E-state index contributed by atoms with van der Waals surface area (Å²) in [6.45, 7) is 0. The van der Waals surface area contributed by atoms with Gasteiger partial charge in [-0.2, -0.15) is 0 Å². The van der Waals surface area contributed by atoms with Gasteiger partial charge in [0.1, 0.15) is 0 Å². The van der Waals surface area contributed by atoms with Crippen LogP contribution in [0.1, 0.15) is 40.0 Å². The van der Waals surface area contributed by atoms with Crippen LogP contribution in [0, 0.1) is 5.92 Å². The predicted molar refractivity (Wildman–Crippen MR) is 74.4 cm³/mol. The van der Waals surface area contributed by atoms with E-state index in [-0.39, 0.29) is 34.7 Å². The summed E-state index contributed by atoms with van der Waals surface area (Å²) in [6.07, 6.45) is 2.68. The number of nitrogens with two attached hydrogens (primary N) is 1. The lowest BCUT2D eigenvalue weighted by molar-refractivity contribution is -0.131. The second kappa shape index (κ2) is 4.14. The molecule has 108 valence electrons. The molecular weight excluding hydrogens is 270 g/mol. The van der Waals surface area contributed by atoms with Crippen molar-refractivity contribution in [2.75, 3.05) is 5.73 Å². The number of amides is 3. The third-order valence-corrected chi connectivity index (χ3v) is 4.78. The molecule has 3 aliphatic rings. The molecule has 0 aliphatic carbocycles. The van der Waals surface area contributed by atoms with E-state index >= 15 is 0 Å². The first-order valence-corrected chi connectivity index (χ1v) is 7.15. The molecule has 3 aliphatic heterocycles. The van der Waals surface area contributed by atoms with Crippen molar-refractivity contribution in [1.82, 2.24) is 10.2 Å². The Morgan fingerprint density at radius 1 is 1.24 bits per heavy atom. The summed E-state index contributed by atoms with van der Waals surface area (Å²) < 4.78 is 0. The van der Waals surface area contributed by atoms with E-state index in [1.807, 2.05) is 0 Å². The van der Waals surface area contributed by atoms with Crippen molar-refractivity contribution >= 4 is 23.4 Å². The maximum atomic E-state index is 12.6. The Bertz CT molecular complexity index is 685. The van der Waals surface area contributed by atoms with Gasteiger partial charge in [0.2, 0.25) is 5.91 Å². The van der Waals surface area contributed by atoms with Crippen LogP contribution in [0.4, 0.5) is 5.69 Å². The van der Waals surface area contributed by atoms with Crippen LogP contribution in [0.5, 0.6) is 0 Å². The number of fused-ring (bicyclic) bond motifs is 3. The average molecular weight is 285 g/mol. The van der Waals surface area contributed by atoms with Crippen LogP contribution in [0.3, 0.4) is 0 Å². The molecule has 21 heavy (non-hydrogen) atoms. The van der Waals surface area contributed by atoms with Gasteiger partial charge < -0.3 is 11.1 Å². The van der Waals surface area contributed by atoms with Gasteiger partial charge in [-0.25, -0.2) is 4.90 Å². The summed E-state index contributed by atoms with van der Waals surface area (Å²) >= 11 is 0. The number of nitrogens with one attached hydrogen (secondary N) is 1. The van der Waals surface area contributed by atoms with Gasteiger partial charge in [0.05, 0.1) is 17.0 Å². The molecule has 3 atom stereocenters. The number of nitrogens with zero attached hydrogens (tertiary/aromatic N) is 1. The van der Waals surface area contributed by atoms with Crippen LogP contribution in [-0.4, -0.2) is 34.7 Å². The molecule has 3 heterocycles. The van der Waals surface area contributed by atoms with E-state index in [2.05, 4.69) is 5.32 Å². The van der Waals surface area contributed by atoms with E-state index in [1.165, 1.54) is 6.07 Å². The fourth-order valence-electron chi connectivity index (χ4n) is 3.77. The van der Waals surface area contributed by atoms with Gasteiger partial charge in [-0.1, -0.05) is 6.07 Å². The van der Waals surface area contributed by atoms with Gasteiger partial charge in [-0.05, 0) is 31.4 Å². The van der Waals surface area contributed by atoms with Gasteiger partial charge >= 0.3 is 0 Å². The fraction of sp³-hybridized carbons (Fsp3) is 0.400. The molecule has 0 saturated carbocycles. The smallest absolute Gasteiger partial charge is 0.270 e. The molecule has 6 nitrogen and oxygen atoms in total. The predicted octanol–water partition coefficient (Wildman–Crippen LogP) is 0.532. The number of nitrogen functional groups attached to an aromatic ring is 1. The molecule has 0 spiro atoms. The molecule has 0 aromatic heterocycles. The minimum Gasteiger partial charge on any atom is -0.398 e. The SMILES string of the molecule is Nc1cccc2c1C(=O)N(C(=O)C1CC3CCC1N3)C2=O. The van der Waals surface area contributed by atoms with Gasteiger partial charge in [-0.3, -0.25) is 14.4 Å². The van der Waals surface area contributed by atoms with E-state index in [0.717, 1.165) is 17.7 Å². The minimum absolute atomic E-state index is 0.0872. The number of imide groups is 3. The monoisotopic (exact) mass is 285 g/mol. The van der Waals surface area contributed by atoms with E-state index in [9.17, 15) is 14.4 Å². The number of anilines is 1. The maximum Gasteiger partial charge on any atom is 0.270 e. The van der Waals surface area contributed by atoms with Gasteiger partial charge in [0.15, 0.2) is 0 Å². The number of carbonyl (C=O) groups excluding carboxylic acids is 3. The van der Waals surface area contributed by atoms with Crippen molar-refractivity contribution in [1.29, 1.82) is 0 Å². The van der Waals surface area contributed by atoms with Crippen molar-refractivity contribution in [3.63, 3.8) is 0 Å². The van der Waals surface area contributed by atoms with E-state index in [1.54, 1.807) is 12.1 Å². The van der Waals surface area contributed by atoms with Gasteiger partial charge in [0, 0.05) is 17.8 Å². The van der Waals surface area contributed by atoms with Crippen LogP contribution < -0.4 is 11.1 Å². The number of carbonyl (C=O) groups is 3. The highest BCUT2D eigenvalue weighted by molar-refractivity contribution is 6.30. The Labute approximate surface area is 121 Å². The lowest BCUT2D eigenvalue weighted by Gasteiger charge is -2.22. The molecule has 3 N–H and O–H groups in total. The number of rotatable bonds is 1. The van der Waals surface area contributed by atoms with E-state index in [4.69, 9.17) is 5.73 Å². The van der Waals surface area contributed by atoms with Crippen LogP contribution in [0.15, 0.2) is 18.2 Å². The fourth-order valence-corrected chi connectivity index (χ4v) is 3.77. The van der Waals surface area contributed by atoms with Crippen LogP contribution >= 0.6 is 0 Å². The lowest BCUT2D eigenvalue weighted by Crippen LogP contribution is -2.44. The minimum atomic E-state index is -0.583. The highest BCUT2D eigenvalue weighted by atomic mass is 16.2. The van der Waals surface area contributed by atoms with Crippen molar-refractivity contribution < 1.29 is 14.4 Å². The Hall–Kier alpha value is -2.21. The third kappa shape index (κ3) is 1.59. The third-order valence-electron chi connectivity index (χ3n) is 4.78. The molecule has 6 heteroatoms. The molecule has 3 amide bonds. The van der Waals surface area contributed by atoms with Gasteiger partial charge in [0.25, 0.3) is 11.8 Å². The lowest BCUT2D eigenvalue weighted by atomic mass is 9.88. The quantitative estimate of drug-likeness (QED) is 0.580. The van der Waals surface area contributed by atoms with Crippen molar-refractivity contribution in [3.8, 4) is 0 Å².